The number of benzene rings is 1. The second kappa shape index (κ2) is 6.68. The Hall–Kier alpha value is -2.07. The van der Waals surface area contributed by atoms with E-state index in [4.69, 9.17) is 5.26 Å². The van der Waals surface area contributed by atoms with Crippen LogP contribution in [-0.4, -0.2) is 19.0 Å². The van der Waals surface area contributed by atoms with Crippen LogP contribution in [-0.2, 0) is 17.5 Å². The number of hydrogen-bond acceptors (Lipinski definition) is 3. The summed E-state index contributed by atoms with van der Waals surface area (Å²) in [6, 6.07) is 5.13. The molecule has 1 amide bonds. The van der Waals surface area contributed by atoms with E-state index in [9.17, 15) is 18.0 Å². The zero-order valence-electron chi connectivity index (χ0n) is 13.7. The van der Waals surface area contributed by atoms with Crippen molar-refractivity contribution in [1.82, 2.24) is 10.6 Å². The molecule has 1 saturated heterocycles. The van der Waals surface area contributed by atoms with Crippen molar-refractivity contribution in [2.75, 3.05) is 13.1 Å². The van der Waals surface area contributed by atoms with Gasteiger partial charge in [-0.25, -0.2) is 0 Å². The minimum atomic E-state index is -4.55. The van der Waals surface area contributed by atoms with Crippen LogP contribution in [0.25, 0.3) is 0 Å². The molecule has 2 N–H and O–H groups in total. The van der Waals surface area contributed by atoms with Gasteiger partial charge in [0.2, 0.25) is 5.91 Å². The van der Waals surface area contributed by atoms with Gasteiger partial charge in [-0.05, 0) is 61.9 Å². The van der Waals surface area contributed by atoms with Crippen LogP contribution in [0, 0.1) is 22.7 Å². The molecule has 3 rings (SSSR count). The molecule has 2 fully saturated rings. The summed E-state index contributed by atoms with van der Waals surface area (Å²) in [7, 11) is 0. The number of rotatable bonds is 3. The summed E-state index contributed by atoms with van der Waals surface area (Å²) in [5, 5.41) is 14.7. The number of halogens is 3. The number of carbonyl (C=O) groups excluding carboxylic acids is 1. The average molecular weight is 351 g/mol. The third-order valence-corrected chi connectivity index (χ3v) is 5.39. The van der Waals surface area contributed by atoms with E-state index in [-0.39, 0.29) is 34.9 Å². The number of piperidine rings is 1. The molecule has 1 heterocycles. The summed E-state index contributed by atoms with van der Waals surface area (Å²) in [5.41, 5.74) is -0.681. The van der Waals surface area contributed by atoms with Gasteiger partial charge in [0.05, 0.1) is 17.2 Å². The van der Waals surface area contributed by atoms with Gasteiger partial charge in [-0.2, -0.15) is 18.4 Å². The Morgan fingerprint density at radius 2 is 2.00 bits per heavy atom. The number of amides is 1. The van der Waals surface area contributed by atoms with Crippen LogP contribution in [0.2, 0.25) is 0 Å². The lowest BCUT2D eigenvalue weighted by Crippen LogP contribution is -2.50. The predicted molar refractivity (Wildman–Crippen MR) is 85.3 cm³/mol. The van der Waals surface area contributed by atoms with Gasteiger partial charge in [0.15, 0.2) is 0 Å². The van der Waals surface area contributed by atoms with E-state index < -0.39 is 11.7 Å². The number of alkyl halides is 3. The number of nitrogens with one attached hydrogen (secondary N) is 2. The highest BCUT2D eigenvalue weighted by Gasteiger charge is 2.47. The monoisotopic (exact) mass is 351 g/mol. The highest BCUT2D eigenvalue weighted by atomic mass is 19.4. The summed E-state index contributed by atoms with van der Waals surface area (Å²) < 4.78 is 39.4. The molecule has 1 aromatic carbocycles. The average Bonchev–Trinajstić information content (AvgIpc) is 2.57. The Bertz CT molecular complexity index is 694. The van der Waals surface area contributed by atoms with Crippen molar-refractivity contribution in [2.24, 2.45) is 11.3 Å². The van der Waals surface area contributed by atoms with E-state index in [2.05, 4.69) is 10.6 Å². The molecule has 0 radical (unpaired) electrons. The van der Waals surface area contributed by atoms with Gasteiger partial charge >= 0.3 is 6.18 Å². The van der Waals surface area contributed by atoms with Crippen molar-refractivity contribution in [2.45, 2.75) is 38.4 Å². The molecule has 4 nitrogen and oxygen atoms in total. The first-order valence-corrected chi connectivity index (χ1v) is 8.42. The zero-order valence-corrected chi connectivity index (χ0v) is 13.7. The van der Waals surface area contributed by atoms with Crippen molar-refractivity contribution in [3.05, 3.63) is 34.9 Å². The van der Waals surface area contributed by atoms with E-state index in [0.29, 0.717) is 0 Å². The molecule has 2 aliphatic rings. The summed E-state index contributed by atoms with van der Waals surface area (Å²) in [4.78, 5) is 12.2. The third-order valence-electron chi connectivity index (χ3n) is 5.39. The maximum atomic E-state index is 13.1. The second-order valence-corrected chi connectivity index (χ2v) is 7.05. The molecule has 25 heavy (non-hydrogen) atoms. The Balaban J connectivity index is 1.60. The van der Waals surface area contributed by atoms with Crippen LogP contribution in [0.1, 0.15) is 42.4 Å². The van der Waals surface area contributed by atoms with Crippen molar-refractivity contribution >= 4 is 5.91 Å². The molecule has 0 unspecified atom stereocenters. The SMILES string of the molecule is N#Cc1ccc(CNC(=O)C2CC3(CCNCC3)C2)c(C(F)(F)F)c1. The Labute approximate surface area is 144 Å². The summed E-state index contributed by atoms with van der Waals surface area (Å²) in [6.45, 7) is 1.76. The lowest BCUT2D eigenvalue weighted by molar-refractivity contribution is -0.139. The summed E-state index contributed by atoms with van der Waals surface area (Å²) in [5.74, 6) is -0.285. The molecular weight excluding hydrogens is 331 g/mol. The molecule has 0 aromatic heterocycles. The molecule has 134 valence electrons. The van der Waals surface area contributed by atoms with Crippen LogP contribution in [0.5, 0.6) is 0 Å². The second-order valence-electron chi connectivity index (χ2n) is 7.05. The van der Waals surface area contributed by atoms with E-state index in [1.165, 1.54) is 12.1 Å². The highest BCUT2D eigenvalue weighted by Crippen LogP contribution is 2.51. The third kappa shape index (κ3) is 3.79. The van der Waals surface area contributed by atoms with Crippen molar-refractivity contribution in [3.8, 4) is 6.07 Å². The van der Waals surface area contributed by atoms with E-state index in [1.54, 1.807) is 6.07 Å². The lowest BCUT2D eigenvalue weighted by atomic mass is 9.57. The molecule has 0 atom stereocenters. The molecule has 1 saturated carbocycles. The van der Waals surface area contributed by atoms with E-state index >= 15 is 0 Å². The van der Waals surface area contributed by atoms with Crippen LogP contribution in [0.4, 0.5) is 13.2 Å². The van der Waals surface area contributed by atoms with Crippen LogP contribution in [0.3, 0.4) is 0 Å². The molecule has 0 bridgehead atoms. The molecule has 7 heteroatoms. The minimum Gasteiger partial charge on any atom is -0.352 e. The molecule has 1 aliphatic heterocycles. The fraction of sp³-hybridized carbons (Fsp3) is 0.556. The fourth-order valence-electron chi connectivity index (χ4n) is 3.93. The Morgan fingerprint density at radius 3 is 2.60 bits per heavy atom. The van der Waals surface area contributed by atoms with Gasteiger partial charge in [-0.1, -0.05) is 6.07 Å². The minimum absolute atomic E-state index is 0.0178. The largest absolute Gasteiger partial charge is 0.416 e. The number of nitrogens with zero attached hydrogens (tertiary/aromatic N) is 1. The first kappa shape index (κ1) is 17.7. The van der Waals surface area contributed by atoms with Gasteiger partial charge in [-0.15, -0.1) is 0 Å². The van der Waals surface area contributed by atoms with Crippen molar-refractivity contribution < 1.29 is 18.0 Å². The fourth-order valence-corrected chi connectivity index (χ4v) is 3.93. The van der Waals surface area contributed by atoms with Gasteiger partial charge in [-0.3, -0.25) is 4.79 Å². The maximum Gasteiger partial charge on any atom is 0.416 e. The standard InChI is InChI=1S/C18H20F3N3O/c19-18(20,21)15-7-12(10-22)1-2-13(15)11-24-16(25)14-8-17(9-14)3-5-23-6-4-17/h1-2,7,14,23H,3-6,8-9,11H2,(H,24,25). The predicted octanol–water partition coefficient (Wildman–Crippen LogP) is 2.97. The molecule has 1 aromatic rings. The van der Waals surface area contributed by atoms with Crippen LogP contribution in [0.15, 0.2) is 18.2 Å². The zero-order chi connectivity index (χ0) is 18.1. The summed E-state index contributed by atoms with van der Waals surface area (Å²) >= 11 is 0. The Kier molecular flexibility index (Phi) is 4.74. The summed E-state index contributed by atoms with van der Waals surface area (Å²) in [6.07, 6.45) is -0.794. The molecule has 1 aliphatic carbocycles. The van der Waals surface area contributed by atoms with E-state index in [0.717, 1.165) is 44.8 Å². The highest BCUT2D eigenvalue weighted by molar-refractivity contribution is 5.79. The Morgan fingerprint density at radius 1 is 1.32 bits per heavy atom. The van der Waals surface area contributed by atoms with Gasteiger partial charge < -0.3 is 10.6 Å². The smallest absolute Gasteiger partial charge is 0.352 e. The van der Waals surface area contributed by atoms with Gasteiger partial charge in [0, 0.05) is 12.5 Å². The maximum absolute atomic E-state index is 13.1. The molecule has 1 spiro atoms. The number of carbonyl (C=O) groups is 1. The first-order chi connectivity index (χ1) is 11.8. The molecular formula is C18H20F3N3O. The van der Waals surface area contributed by atoms with Crippen LogP contribution < -0.4 is 10.6 Å². The van der Waals surface area contributed by atoms with Crippen molar-refractivity contribution in [1.29, 1.82) is 5.26 Å². The first-order valence-electron chi connectivity index (χ1n) is 8.42. The number of hydrogen-bond donors (Lipinski definition) is 2. The number of nitriles is 1. The van der Waals surface area contributed by atoms with Crippen LogP contribution >= 0.6 is 0 Å². The normalized spacial score (nSPS) is 19.9. The lowest BCUT2D eigenvalue weighted by Gasteiger charge is -2.49. The quantitative estimate of drug-likeness (QED) is 0.880. The van der Waals surface area contributed by atoms with Gasteiger partial charge in [0.25, 0.3) is 0 Å². The van der Waals surface area contributed by atoms with E-state index in [1.807, 2.05) is 0 Å². The van der Waals surface area contributed by atoms with Gasteiger partial charge in [0.1, 0.15) is 0 Å². The van der Waals surface area contributed by atoms with Crippen molar-refractivity contribution in [3.63, 3.8) is 0 Å². The topological polar surface area (TPSA) is 64.9 Å².